The fourth-order valence-corrected chi connectivity index (χ4v) is 1.79. The zero-order valence-corrected chi connectivity index (χ0v) is 10.4. The van der Waals surface area contributed by atoms with E-state index in [4.69, 9.17) is 5.73 Å². The molecule has 3 N–H and O–H groups in total. The molecule has 18 heavy (non-hydrogen) atoms. The molecule has 0 radical (unpaired) electrons. The molecular formula is C14H15N3O. The number of amides is 1. The second kappa shape index (κ2) is 4.87. The molecule has 1 aromatic carbocycles. The lowest BCUT2D eigenvalue weighted by atomic mass is 10.1. The standard InChI is InChI=1S/C14H15N3O/c1-9-5-10(2)7-11(6-9)14(18)17-12-3-4-13(15)16-8-12/h3-8H,1-2H3,(H2,15,16)(H,17,18). The van der Waals surface area contributed by atoms with Crippen LogP contribution in [0.4, 0.5) is 11.5 Å². The van der Waals surface area contributed by atoms with E-state index >= 15 is 0 Å². The highest BCUT2D eigenvalue weighted by atomic mass is 16.1. The van der Waals surface area contributed by atoms with Gasteiger partial charge in [-0.25, -0.2) is 4.98 Å². The smallest absolute Gasteiger partial charge is 0.255 e. The largest absolute Gasteiger partial charge is 0.384 e. The summed E-state index contributed by atoms with van der Waals surface area (Å²) in [6.07, 6.45) is 1.54. The fourth-order valence-electron chi connectivity index (χ4n) is 1.79. The number of hydrogen-bond donors (Lipinski definition) is 2. The van der Waals surface area contributed by atoms with Crippen molar-refractivity contribution in [2.45, 2.75) is 13.8 Å². The Morgan fingerprint density at radius 2 is 1.83 bits per heavy atom. The summed E-state index contributed by atoms with van der Waals surface area (Å²) in [4.78, 5) is 16.0. The Labute approximate surface area is 106 Å². The van der Waals surface area contributed by atoms with Gasteiger partial charge in [-0.1, -0.05) is 17.2 Å². The summed E-state index contributed by atoms with van der Waals surface area (Å²) in [5.74, 6) is 0.285. The zero-order chi connectivity index (χ0) is 13.1. The molecule has 0 aliphatic rings. The maximum Gasteiger partial charge on any atom is 0.255 e. The topological polar surface area (TPSA) is 68.0 Å². The summed E-state index contributed by atoms with van der Waals surface area (Å²) in [6, 6.07) is 9.11. The van der Waals surface area contributed by atoms with E-state index in [1.807, 2.05) is 32.0 Å². The minimum atomic E-state index is -0.145. The van der Waals surface area contributed by atoms with Crippen molar-refractivity contribution in [1.82, 2.24) is 4.98 Å². The number of anilines is 2. The third kappa shape index (κ3) is 2.85. The summed E-state index contributed by atoms with van der Waals surface area (Å²) in [7, 11) is 0. The highest BCUT2D eigenvalue weighted by Crippen LogP contribution is 2.12. The van der Waals surface area contributed by atoms with Gasteiger partial charge in [0.2, 0.25) is 0 Å². The fraction of sp³-hybridized carbons (Fsp3) is 0.143. The number of carbonyl (C=O) groups is 1. The van der Waals surface area contributed by atoms with E-state index in [1.165, 1.54) is 6.20 Å². The van der Waals surface area contributed by atoms with Crippen LogP contribution >= 0.6 is 0 Å². The second-order valence-corrected chi connectivity index (χ2v) is 4.30. The summed E-state index contributed by atoms with van der Waals surface area (Å²) >= 11 is 0. The van der Waals surface area contributed by atoms with Crippen LogP contribution in [0.2, 0.25) is 0 Å². The van der Waals surface area contributed by atoms with Crippen molar-refractivity contribution in [2.24, 2.45) is 0 Å². The molecule has 0 saturated carbocycles. The minimum absolute atomic E-state index is 0.145. The van der Waals surface area contributed by atoms with E-state index in [0.717, 1.165) is 11.1 Å². The maximum absolute atomic E-state index is 12.0. The van der Waals surface area contributed by atoms with Gasteiger partial charge in [-0.15, -0.1) is 0 Å². The van der Waals surface area contributed by atoms with Crippen LogP contribution in [0.1, 0.15) is 21.5 Å². The van der Waals surface area contributed by atoms with E-state index in [2.05, 4.69) is 10.3 Å². The van der Waals surface area contributed by atoms with E-state index in [1.54, 1.807) is 12.1 Å². The van der Waals surface area contributed by atoms with Gasteiger partial charge in [0.05, 0.1) is 11.9 Å². The SMILES string of the molecule is Cc1cc(C)cc(C(=O)Nc2ccc(N)nc2)c1. The van der Waals surface area contributed by atoms with Crippen molar-refractivity contribution < 1.29 is 4.79 Å². The lowest BCUT2D eigenvalue weighted by molar-refractivity contribution is 0.102. The highest BCUT2D eigenvalue weighted by molar-refractivity contribution is 6.04. The Morgan fingerprint density at radius 3 is 2.39 bits per heavy atom. The number of aryl methyl sites for hydroxylation is 2. The molecule has 2 rings (SSSR count). The van der Waals surface area contributed by atoms with E-state index in [0.29, 0.717) is 17.1 Å². The average molecular weight is 241 g/mol. The van der Waals surface area contributed by atoms with Gasteiger partial charge in [-0.2, -0.15) is 0 Å². The molecule has 4 heteroatoms. The Bertz CT molecular complexity index is 556. The number of nitrogens with two attached hydrogens (primary N) is 1. The van der Waals surface area contributed by atoms with Gasteiger partial charge >= 0.3 is 0 Å². The van der Waals surface area contributed by atoms with Gasteiger partial charge in [0.25, 0.3) is 5.91 Å². The van der Waals surface area contributed by atoms with Gasteiger partial charge < -0.3 is 11.1 Å². The van der Waals surface area contributed by atoms with Crippen LogP contribution in [-0.4, -0.2) is 10.9 Å². The summed E-state index contributed by atoms with van der Waals surface area (Å²) in [5.41, 5.74) is 8.89. The molecule has 0 aliphatic heterocycles. The van der Waals surface area contributed by atoms with Crippen molar-refractivity contribution in [3.63, 3.8) is 0 Å². The first-order chi connectivity index (χ1) is 8.54. The Kier molecular flexibility index (Phi) is 3.28. The average Bonchev–Trinajstić information content (AvgIpc) is 2.31. The third-order valence-electron chi connectivity index (χ3n) is 2.53. The first-order valence-electron chi connectivity index (χ1n) is 5.66. The summed E-state index contributed by atoms with van der Waals surface area (Å²) in [6.45, 7) is 3.93. The molecule has 0 aliphatic carbocycles. The van der Waals surface area contributed by atoms with Crippen molar-refractivity contribution in [3.05, 3.63) is 53.2 Å². The molecule has 2 aromatic rings. The monoisotopic (exact) mass is 241 g/mol. The van der Waals surface area contributed by atoms with E-state index < -0.39 is 0 Å². The Balaban J connectivity index is 2.19. The molecular weight excluding hydrogens is 226 g/mol. The molecule has 1 amide bonds. The first kappa shape index (κ1) is 12.1. The summed E-state index contributed by atoms with van der Waals surface area (Å²) in [5, 5.41) is 2.78. The quantitative estimate of drug-likeness (QED) is 0.849. The lowest BCUT2D eigenvalue weighted by Gasteiger charge is -2.07. The predicted molar refractivity (Wildman–Crippen MR) is 72.5 cm³/mol. The predicted octanol–water partition coefficient (Wildman–Crippen LogP) is 2.53. The number of benzene rings is 1. The molecule has 0 fully saturated rings. The van der Waals surface area contributed by atoms with E-state index in [9.17, 15) is 4.79 Å². The summed E-state index contributed by atoms with van der Waals surface area (Å²) < 4.78 is 0. The Hall–Kier alpha value is -2.36. The number of nitrogen functional groups attached to an aromatic ring is 1. The van der Waals surface area contributed by atoms with Crippen LogP contribution in [0.15, 0.2) is 36.5 Å². The van der Waals surface area contributed by atoms with Crippen molar-refractivity contribution >= 4 is 17.4 Å². The Morgan fingerprint density at radius 1 is 1.17 bits per heavy atom. The molecule has 1 heterocycles. The number of nitrogens with zero attached hydrogens (tertiary/aromatic N) is 1. The molecule has 0 spiro atoms. The van der Waals surface area contributed by atoms with Crippen LogP contribution in [-0.2, 0) is 0 Å². The first-order valence-corrected chi connectivity index (χ1v) is 5.66. The van der Waals surface area contributed by atoms with Crippen molar-refractivity contribution in [3.8, 4) is 0 Å². The lowest BCUT2D eigenvalue weighted by Crippen LogP contribution is -2.12. The van der Waals surface area contributed by atoms with Crippen LogP contribution in [0, 0.1) is 13.8 Å². The molecule has 92 valence electrons. The number of rotatable bonds is 2. The maximum atomic E-state index is 12.0. The number of pyridine rings is 1. The minimum Gasteiger partial charge on any atom is -0.384 e. The van der Waals surface area contributed by atoms with Gasteiger partial charge in [0.1, 0.15) is 5.82 Å². The van der Waals surface area contributed by atoms with Gasteiger partial charge in [0.15, 0.2) is 0 Å². The number of nitrogens with one attached hydrogen (secondary N) is 1. The van der Waals surface area contributed by atoms with Crippen LogP contribution in [0.5, 0.6) is 0 Å². The van der Waals surface area contributed by atoms with E-state index in [-0.39, 0.29) is 5.91 Å². The zero-order valence-electron chi connectivity index (χ0n) is 10.4. The molecule has 0 bridgehead atoms. The molecule has 0 unspecified atom stereocenters. The molecule has 1 aromatic heterocycles. The molecule has 0 atom stereocenters. The molecule has 0 saturated heterocycles. The second-order valence-electron chi connectivity index (χ2n) is 4.30. The van der Waals surface area contributed by atoms with Gasteiger partial charge in [-0.05, 0) is 38.1 Å². The van der Waals surface area contributed by atoms with Gasteiger partial charge in [-0.3, -0.25) is 4.79 Å². The van der Waals surface area contributed by atoms with Crippen LogP contribution in [0.3, 0.4) is 0 Å². The number of aromatic nitrogens is 1. The molecule has 4 nitrogen and oxygen atoms in total. The third-order valence-corrected chi connectivity index (χ3v) is 2.53. The van der Waals surface area contributed by atoms with Crippen LogP contribution < -0.4 is 11.1 Å². The van der Waals surface area contributed by atoms with Gasteiger partial charge in [0, 0.05) is 5.56 Å². The number of hydrogen-bond acceptors (Lipinski definition) is 3. The normalized spacial score (nSPS) is 10.1. The number of carbonyl (C=O) groups excluding carboxylic acids is 1. The highest BCUT2D eigenvalue weighted by Gasteiger charge is 2.07. The van der Waals surface area contributed by atoms with Crippen molar-refractivity contribution in [1.29, 1.82) is 0 Å². The van der Waals surface area contributed by atoms with Crippen molar-refractivity contribution in [2.75, 3.05) is 11.1 Å². The van der Waals surface area contributed by atoms with Crippen LogP contribution in [0.25, 0.3) is 0 Å².